The number of halogens is 3. The smallest absolute Gasteiger partial charge is 0.870 e. The Morgan fingerprint density at radius 2 is 0.898 bits per heavy atom. The van der Waals surface area contributed by atoms with Crippen molar-refractivity contribution in [3.63, 3.8) is 0 Å². The molecule has 118 heavy (non-hydrogen) atoms. The maximum atomic E-state index is 11.8. The number of amides is 2. The van der Waals surface area contributed by atoms with Crippen LogP contribution in [0.25, 0.3) is 54.5 Å². The number of H-pyrrole nitrogens is 5. The number of carbonyl (C=O) groups excluding carboxylic acids is 4. The fourth-order valence-electron chi connectivity index (χ4n) is 12.5. The fourth-order valence-corrected chi connectivity index (χ4v) is 12.5. The zero-order chi connectivity index (χ0) is 83.6. The molecule has 0 unspecified atom stereocenters. The monoisotopic (exact) mass is 1820 g/mol. The zero-order valence-electron chi connectivity index (χ0n) is 65.7. The number of ether oxygens (including phenoxy) is 8. The second kappa shape index (κ2) is 50.3. The van der Waals surface area contributed by atoms with E-state index in [4.69, 9.17) is 64.6 Å². The van der Waals surface area contributed by atoms with Gasteiger partial charge >= 0.3 is 51.9 Å². The summed E-state index contributed by atoms with van der Waals surface area (Å²) in [4.78, 5) is 99.4. The van der Waals surface area contributed by atoms with Crippen LogP contribution in [-0.4, -0.2) is 279 Å². The number of methoxy groups -OCH3 is 3. The molecule has 9 heterocycles. The van der Waals surface area contributed by atoms with Crippen LogP contribution in [0.3, 0.4) is 0 Å². The molecule has 0 radical (unpaired) electrons. The number of nitriles is 1. The van der Waals surface area contributed by atoms with Gasteiger partial charge in [0.25, 0.3) is 0 Å². The van der Waals surface area contributed by atoms with Crippen LogP contribution in [0.2, 0.25) is 0 Å². The van der Waals surface area contributed by atoms with Gasteiger partial charge in [0.05, 0.1) is 79.7 Å². The van der Waals surface area contributed by atoms with Gasteiger partial charge in [-0.15, -0.1) is 47.3 Å². The molecule has 34 nitrogen and oxygen atoms in total. The summed E-state index contributed by atoms with van der Waals surface area (Å²) in [7, 11) is 4.24. The molecule has 10 aromatic rings. The first-order valence-corrected chi connectivity index (χ1v) is 39.9. The molecule has 5 aromatic heterocycles. The van der Waals surface area contributed by atoms with Crippen molar-refractivity contribution < 1.29 is 126 Å². The number of nitrogens with one attached hydrogen (secondary N) is 7. The number of carbonyl (C=O) groups is 7. The molecular weight excluding hydrogens is 1730 g/mol. The molecule has 15 rings (SSSR count). The van der Waals surface area contributed by atoms with Gasteiger partial charge in [-0.1, -0.05) is 43.2 Å². The number of nitrogens with two attached hydrogens (primary N) is 1. The molecule has 5 aromatic carbocycles. The van der Waals surface area contributed by atoms with Gasteiger partial charge in [-0.2, -0.15) is 5.26 Å². The summed E-state index contributed by atoms with van der Waals surface area (Å²) in [5, 5.41) is 71.9. The number of carboxylic acid groups (broad SMARTS) is 3. The number of aromatic carboxylic acids is 3. The van der Waals surface area contributed by atoms with Gasteiger partial charge in [0.2, 0.25) is 11.8 Å². The number of phenols is 2. The average Bonchev–Trinajstić information content (AvgIpc) is 1.68. The Hall–Kier alpha value is -9.68. The van der Waals surface area contributed by atoms with Crippen LogP contribution < -0.4 is 49.4 Å². The zero-order valence-corrected chi connectivity index (χ0v) is 70.4. The topological polar surface area (TPSA) is 507 Å². The van der Waals surface area contributed by atoms with Crippen LogP contribution in [0.4, 0.5) is 0 Å². The standard InChI is InChI=1S/C16H20N2O4.C15H18N2O4.C13H20N4O2.2C10H9NO3.C9H7NO3.C6H13NO2.BBr3.Li.H2O/c1-20-16(19)14-11-12-13(17-14)3-2-4-15(12)22-10-7-18-5-8-21-9-6-18;18-15(19)13-10-11-12(16-13)2-1-3-14(11)21-9-6-17-4-7-20-8-5-17;14-7-10(6-9-3-4-16-12(9)18)17-13(19)11(15)5-8-1-2-8;1-14-9-4-2-3-7-6(9)5-8(11-7)10(12)13;1-14-10(13)8-5-6-7(11-8)3-2-4-9(6)12;11-8-3-1-2-6-5(8)4-7(10-6)9(12)13;8-4-1-7-2-5-9-6-3-7;2-1(3)4;;/h2-4,11,17H,5-10H2,1H3;1-3,10,16H,4-9H2,(H,18,19);8-11H,1-6,15H2,(H,16,18)(H,17,19);2-5,11H,1H3,(H,12,13);2-5,11-12H,1H3;1-4,10-11H,(H,12,13);8H,1-6H2;;;1H2/q;;;;;;;;+1;/p-1/t;;9-,10-,11-;;;;;;;/m..0......./s1. The van der Waals surface area contributed by atoms with E-state index in [1.165, 1.54) is 26.4 Å². The van der Waals surface area contributed by atoms with Crippen LogP contribution in [0.1, 0.15) is 84.5 Å². The number of aromatic hydroxyl groups is 2. The van der Waals surface area contributed by atoms with E-state index in [-0.39, 0.29) is 86.4 Å². The third-order valence-electron chi connectivity index (χ3n) is 18.7. The first-order valence-electron chi connectivity index (χ1n) is 37.2. The van der Waals surface area contributed by atoms with E-state index in [1.807, 2.05) is 54.6 Å². The second-order valence-electron chi connectivity index (χ2n) is 26.7. The number of hydrogen-bond donors (Lipinski definition) is 14. The van der Waals surface area contributed by atoms with Crippen molar-refractivity contribution in [3.05, 3.63) is 150 Å². The number of hydrogen-bond acceptors (Lipinski definition) is 24. The molecule has 1 saturated carbocycles. The number of aromatic amines is 5. The number of benzene rings is 5. The van der Waals surface area contributed by atoms with Crippen molar-refractivity contribution in [2.45, 2.75) is 44.2 Å². The quantitative estimate of drug-likeness (QED) is 0.0262. The number of β-amino-alcohol motifs (C(OH)–C–C–N with tert-alkyl or cyclic N) is 1. The third kappa shape index (κ3) is 30.6. The molecule has 2 amide bonds. The summed E-state index contributed by atoms with van der Waals surface area (Å²) < 4.78 is 42.1. The molecule has 0 bridgehead atoms. The maximum Gasteiger partial charge on any atom is 1.00 e. The van der Waals surface area contributed by atoms with Crippen LogP contribution in [-0.2, 0) is 33.3 Å². The van der Waals surface area contributed by atoms with Crippen molar-refractivity contribution in [2.24, 2.45) is 17.6 Å². The molecule has 5 fully saturated rings. The number of aromatic nitrogens is 5. The number of phenolic OH excluding ortho intramolecular Hbond substituents is 2. The minimum Gasteiger partial charge on any atom is -0.870 e. The molecule has 630 valence electrons. The molecular formula is C79H97BBr3LiN12O22. The molecule has 4 saturated heterocycles. The number of morpholine rings is 3. The van der Waals surface area contributed by atoms with Gasteiger partial charge in [-0.3, -0.25) is 24.3 Å². The Balaban J connectivity index is 0.000000214. The van der Waals surface area contributed by atoms with Crippen molar-refractivity contribution in [2.75, 3.05) is 146 Å². The van der Waals surface area contributed by atoms with Crippen molar-refractivity contribution in [3.8, 4) is 34.8 Å². The molecule has 4 aliphatic heterocycles. The van der Waals surface area contributed by atoms with Crippen molar-refractivity contribution in [1.82, 2.24) is 50.3 Å². The van der Waals surface area contributed by atoms with E-state index in [0.29, 0.717) is 83.2 Å². The number of aliphatic hydroxyl groups is 1. The summed E-state index contributed by atoms with van der Waals surface area (Å²) >= 11 is 9.31. The number of fused-ring (bicyclic) bond motifs is 5. The predicted octanol–water partition coefficient (Wildman–Crippen LogP) is 6.29. The molecule has 3 atom stereocenters. The summed E-state index contributed by atoms with van der Waals surface area (Å²) in [5.41, 5.74) is 10.7. The average molecular weight is 1820 g/mol. The maximum absolute atomic E-state index is 11.8. The third-order valence-corrected chi connectivity index (χ3v) is 18.7. The number of esters is 2. The van der Waals surface area contributed by atoms with Gasteiger partial charge in [0, 0.05) is 126 Å². The largest absolute Gasteiger partial charge is 1.00 e. The SMILES string of the molecule is BrB(Br)Br.COC(=O)c1cc2c(O)cccc2[nH]1.COC(=O)c1cc2c(OCCN3CCOCC3)cccc2[nH]1.COc1cccc2[nH]c(C(=O)O)cc12.N#C[C@H](C[C@@H]1CCNC1=O)NC(=O)[C@@H](N)CC1CC1.O=C(O)c1cc2c(O)cccc2[nH]1.O=C(O)c1cc2c(OCCN3CCOCC3)cccc2[nH]1.OCCN1CCOCC1.[Li+].[OH-]. The Kier molecular flexibility index (Phi) is 41.4. The molecule has 5 aliphatic rings. The Labute approximate surface area is 716 Å². The summed E-state index contributed by atoms with van der Waals surface area (Å²) in [6, 6.07) is 35.4. The fraction of sp³-hybridized carbons (Fsp3) is 0.392. The van der Waals surface area contributed by atoms with E-state index >= 15 is 0 Å². The summed E-state index contributed by atoms with van der Waals surface area (Å²) in [5.74, 6) is -1.32. The predicted molar refractivity (Wildman–Crippen MR) is 448 cm³/mol. The Bertz CT molecular complexity index is 4900. The van der Waals surface area contributed by atoms with Gasteiger partial charge < -0.3 is 115 Å². The Morgan fingerprint density at radius 3 is 1.25 bits per heavy atom. The van der Waals surface area contributed by atoms with E-state index in [2.05, 4.69) is 102 Å². The van der Waals surface area contributed by atoms with Crippen LogP contribution in [0.5, 0.6) is 28.7 Å². The number of aliphatic hydroxyl groups excluding tert-OH is 1. The van der Waals surface area contributed by atoms with Crippen LogP contribution >= 0.6 is 47.3 Å². The van der Waals surface area contributed by atoms with Gasteiger partial charge in [0.15, 0.2) is 0 Å². The molecule has 1 aliphatic carbocycles. The molecule has 16 N–H and O–H groups in total. The van der Waals surface area contributed by atoms with Crippen LogP contribution in [0, 0.1) is 23.2 Å². The van der Waals surface area contributed by atoms with Gasteiger partial charge in [-0.05, 0) is 116 Å². The Morgan fingerprint density at radius 1 is 0.551 bits per heavy atom. The van der Waals surface area contributed by atoms with E-state index in [1.54, 1.807) is 67.8 Å². The first-order chi connectivity index (χ1) is 55.9. The molecule has 0 spiro atoms. The molecule has 39 heteroatoms. The number of carboxylic acids is 3. The van der Waals surface area contributed by atoms with E-state index in [9.17, 15) is 43.8 Å². The first kappa shape index (κ1) is 97.2. The number of rotatable bonds is 22. The van der Waals surface area contributed by atoms with E-state index < -0.39 is 36.0 Å². The summed E-state index contributed by atoms with van der Waals surface area (Å²) in [6.07, 6.45) is 4.06. The normalized spacial score (nSPS) is 15.4. The minimum atomic E-state index is -1.03. The number of nitrogens with zero attached hydrogens (tertiary/aromatic N) is 4. The van der Waals surface area contributed by atoms with Gasteiger partial charge in [-0.25, -0.2) is 24.0 Å². The van der Waals surface area contributed by atoms with Crippen molar-refractivity contribution in [1.29, 1.82) is 5.26 Å². The van der Waals surface area contributed by atoms with Crippen molar-refractivity contribution >= 4 is 147 Å². The van der Waals surface area contributed by atoms with Gasteiger partial charge in [0.1, 0.15) is 76.5 Å². The minimum absolute atomic E-state index is 0. The van der Waals surface area contributed by atoms with Crippen LogP contribution in [0.15, 0.2) is 121 Å². The second-order valence-corrected chi connectivity index (χ2v) is 33.1. The summed E-state index contributed by atoms with van der Waals surface area (Å²) in [6.45, 7) is 15.1. The van der Waals surface area contributed by atoms with E-state index in [0.717, 1.165) is 156 Å².